The van der Waals surface area contributed by atoms with Gasteiger partial charge in [-0.3, -0.25) is 18.9 Å². The number of aromatic nitrogens is 2. The van der Waals surface area contributed by atoms with Gasteiger partial charge in [-0.2, -0.15) is 0 Å². The van der Waals surface area contributed by atoms with Crippen LogP contribution in [0.4, 0.5) is 0 Å². The number of hydrogen-bond donors (Lipinski definition) is 2. The molecule has 2 rings (SSSR count). The minimum absolute atomic E-state index is 0.0417. The van der Waals surface area contributed by atoms with Crippen molar-refractivity contribution in [3.05, 3.63) is 33.1 Å². The van der Waals surface area contributed by atoms with Gasteiger partial charge in [0.25, 0.3) is 5.56 Å². The first-order chi connectivity index (χ1) is 12.8. The van der Waals surface area contributed by atoms with E-state index in [9.17, 15) is 19.3 Å². The monoisotopic (exact) mass is 406 g/mol. The van der Waals surface area contributed by atoms with Crippen LogP contribution in [0.15, 0.2) is 21.9 Å². The summed E-state index contributed by atoms with van der Waals surface area (Å²) < 4.78 is 35.7. The van der Waals surface area contributed by atoms with Gasteiger partial charge in [-0.05, 0) is 19.8 Å². The number of aliphatic hydroxyl groups excluding tert-OH is 1. The third-order valence-corrected chi connectivity index (χ3v) is 6.70. The molecule has 0 spiro atoms. The van der Waals surface area contributed by atoms with Gasteiger partial charge in [-0.25, -0.2) is 4.79 Å². The quantitative estimate of drug-likeness (QED) is 0.574. The minimum atomic E-state index is -3.34. The predicted molar refractivity (Wildman–Crippen MR) is 96.9 cm³/mol. The zero-order chi connectivity index (χ0) is 20.2. The Kier molecular flexibility index (Phi) is 7.55. The highest BCUT2D eigenvalue weighted by atomic mass is 31.2. The molecule has 0 saturated carbocycles. The fraction of sp³-hybridized carbons (Fsp3) is 0.750. The van der Waals surface area contributed by atoms with Crippen molar-refractivity contribution >= 4 is 7.60 Å². The van der Waals surface area contributed by atoms with Crippen molar-refractivity contribution in [3.63, 3.8) is 0 Å². The van der Waals surface area contributed by atoms with E-state index in [0.717, 1.165) is 4.57 Å². The molecular formula is C16H27N2O8P. The Labute approximate surface area is 156 Å². The van der Waals surface area contributed by atoms with E-state index >= 15 is 0 Å². The Balaban J connectivity index is 2.24. The molecule has 0 aliphatic carbocycles. The van der Waals surface area contributed by atoms with E-state index in [0.29, 0.717) is 0 Å². The van der Waals surface area contributed by atoms with Gasteiger partial charge >= 0.3 is 13.3 Å². The normalized spacial score (nSPS) is 27.0. The van der Waals surface area contributed by atoms with Gasteiger partial charge in [0.1, 0.15) is 12.2 Å². The molecule has 10 nitrogen and oxygen atoms in total. The largest absolute Gasteiger partial charge is 0.387 e. The molecule has 1 aromatic rings. The van der Waals surface area contributed by atoms with Crippen LogP contribution < -0.4 is 11.2 Å². The lowest BCUT2D eigenvalue weighted by Gasteiger charge is -2.26. The summed E-state index contributed by atoms with van der Waals surface area (Å²) in [7, 11) is -1.95. The second-order valence-electron chi connectivity index (χ2n) is 6.31. The molecule has 1 aromatic heterocycles. The van der Waals surface area contributed by atoms with Crippen LogP contribution >= 0.6 is 7.60 Å². The second-order valence-corrected chi connectivity index (χ2v) is 8.41. The van der Waals surface area contributed by atoms with Gasteiger partial charge in [-0.1, -0.05) is 6.92 Å². The second kappa shape index (κ2) is 9.27. The standard InChI is InChI=1S/C16H27N2O8P/c1-5-24-27(22,25-6-2)9-10(3)13-12(20)14(23-4)15(26-13)18-8-7-11(19)17-16(18)21/h7-8,10,12-15,20H,5-6,9H2,1-4H3,(H,17,19,21)/t10-,12?,13+,14?,15+/m0/s1. The molecule has 0 bridgehead atoms. The molecule has 0 aromatic carbocycles. The summed E-state index contributed by atoms with van der Waals surface area (Å²) >= 11 is 0. The van der Waals surface area contributed by atoms with Crippen LogP contribution in [0.25, 0.3) is 0 Å². The molecule has 11 heteroatoms. The van der Waals surface area contributed by atoms with E-state index in [1.165, 1.54) is 19.4 Å². The highest BCUT2D eigenvalue weighted by Crippen LogP contribution is 2.51. The van der Waals surface area contributed by atoms with Crippen LogP contribution in [0.3, 0.4) is 0 Å². The Hall–Kier alpha value is -1.29. The predicted octanol–water partition coefficient (Wildman–Crippen LogP) is 0.712. The molecule has 2 N–H and O–H groups in total. The van der Waals surface area contributed by atoms with Gasteiger partial charge in [0.05, 0.1) is 25.5 Å². The summed E-state index contributed by atoms with van der Waals surface area (Å²) in [4.78, 5) is 25.5. The van der Waals surface area contributed by atoms with E-state index < -0.39 is 49.3 Å². The molecule has 1 aliphatic rings. The van der Waals surface area contributed by atoms with E-state index in [2.05, 4.69) is 4.98 Å². The fourth-order valence-corrected chi connectivity index (χ4v) is 5.23. The first kappa shape index (κ1) is 22.0. The molecule has 154 valence electrons. The molecular weight excluding hydrogens is 379 g/mol. The first-order valence-electron chi connectivity index (χ1n) is 8.82. The minimum Gasteiger partial charge on any atom is -0.387 e. The van der Waals surface area contributed by atoms with Gasteiger partial charge in [0.15, 0.2) is 6.23 Å². The maximum absolute atomic E-state index is 12.8. The van der Waals surface area contributed by atoms with Gasteiger partial charge in [0, 0.05) is 19.4 Å². The Morgan fingerprint density at radius 1 is 1.33 bits per heavy atom. The van der Waals surface area contributed by atoms with Gasteiger partial charge < -0.3 is 23.6 Å². The van der Waals surface area contributed by atoms with Crippen LogP contribution in [0.1, 0.15) is 27.0 Å². The topological polar surface area (TPSA) is 129 Å². The Morgan fingerprint density at radius 3 is 2.48 bits per heavy atom. The number of rotatable bonds is 9. The molecule has 5 atom stereocenters. The molecule has 27 heavy (non-hydrogen) atoms. The molecule has 2 heterocycles. The van der Waals surface area contributed by atoms with Crippen LogP contribution in [-0.2, 0) is 23.1 Å². The summed E-state index contributed by atoms with van der Waals surface area (Å²) in [6, 6.07) is 1.18. The SMILES string of the molecule is CCOP(=O)(C[C@H](C)[C@H]1O[C@@H](n2ccc(=O)[nH]c2=O)C(OC)C1O)OCC. The fourth-order valence-electron chi connectivity index (χ4n) is 3.25. The molecule has 0 amide bonds. The lowest BCUT2D eigenvalue weighted by Crippen LogP contribution is -2.39. The van der Waals surface area contributed by atoms with Crippen molar-refractivity contribution in [1.29, 1.82) is 0 Å². The smallest absolute Gasteiger partial charge is 0.331 e. The summed E-state index contributed by atoms with van der Waals surface area (Å²) in [5.41, 5.74) is -1.22. The number of nitrogens with one attached hydrogen (secondary N) is 1. The summed E-state index contributed by atoms with van der Waals surface area (Å²) in [5.74, 6) is -0.412. The lowest BCUT2D eigenvalue weighted by molar-refractivity contribution is -0.0618. The van der Waals surface area contributed by atoms with Crippen molar-refractivity contribution in [2.24, 2.45) is 5.92 Å². The maximum atomic E-state index is 12.8. The summed E-state index contributed by atoms with van der Waals surface area (Å²) in [6.45, 7) is 5.65. The average Bonchev–Trinajstić information content (AvgIpc) is 2.91. The highest BCUT2D eigenvalue weighted by molar-refractivity contribution is 7.53. The third-order valence-electron chi connectivity index (χ3n) is 4.37. The lowest BCUT2D eigenvalue weighted by atomic mass is 10.00. The van der Waals surface area contributed by atoms with Crippen LogP contribution in [0.5, 0.6) is 0 Å². The summed E-state index contributed by atoms with van der Waals surface area (Å²) in [5, 5.41) is 10.6. The molecule has 1 saturated heterocycles. The van der Waals surface area contributed by atoms with E-state index in [1.54, 1.807) is 20.8 Å². The molecule has 2 unspecified atom stereocenters. The van der Waals surface area contributed by atoms with E-state index in [1.807, 2.05) is 0 Å². The zero-order valence-electron chi connectivity index (χ0n) is 15.9. The Bertz CT molecular complexity index is 768. The summed E-state index contributed by atoms with van der Waals surface area (Å²) in [6.07, 6.45) is -2.32. The average molecular weight is 406 g/mol. The van der Waals surface area contributed by atoms with Crippen LogP contribution in [0.2, 0.25) is 0 Å². The Morgan fingerprint density at radius 2 is 1.96 bits per heavy atom. The third kappa shape index (κ3) is 4.96. The number of hydrogen-bond acceptors (Lipinski definition) is 8. The zero-order valence-corrected chi connectivity index (χ0v) is 16.8. The van der Waals surface area contributed by atoms with Crippen molar-refractivity contribution in [3.8, 4) is 0 Å². The van der Waals surface area contributed by atoms with Gasteiger partial charge in [0.2, 0.25) is 0 Å². The molecule has 0 radical (unpaired) electrons. The molecule has 1 aliphatic heterocycles. The highest BCUT2D eigenvalue weighted by Gasteiger charge is 2.48. The van der Waals surface area contributed by atoms with Crippen molar-refractivity contribution in [2.45, 2.75) is 45.3 Å². The number of aliphatic hydroxyl groups is 1. The van der Waals surface area contributed by atoms with Crippen LogP contribution in [0, 0.1) is 5.92 Å². The van der Waals surface area contributed by atoms with Crippen molar-refractivity contribution in [2.75, 3.05) is 26.5 Å². The maximum Gasteiger partial charge on any atom is 0.331 e. The van der Waals surface area contributed by atoms with Crippen molar-refractivity contribution in [1.82, 2.24) is 9.55 Å². The number of ether oxygens (including phenoxy) is 2. The number of nitrogens with zero attached hydrogens (tertiary/aromatic N) is 1. The number of H-pyrrole nitrogens is 1. The van der Waals surface area contributed by atoms with Crippen LogP contribution in [-0.4, -0.2) is 59.5 Å². The number of methoxy groups -OCH3 is 1. The van der Waals surface area contributed by atoms with Crippen molar-refractivity contribution < 1.29 is 28.2 Å². The number of aromatic amines is 1. The van der Waals surface area contributed by atoms with E-state index in [4.69, 9.17) is 18.5 Å². The van der Waals surface area contributed by atoms with E-state index in [-0.39, 0.29) is 19.4 Å². The van der Waals surface area contributed by atoms with Gasteiger partial charge in [-0.15, -0.1) is 0 Å². The first-order valence-corrected chi connectivity index (χ1v) is 10.5. The molecule has 1 fully saturated rings.